The molecule has 1 aliphatic rings. The quantitative estimate of drug-likeness (QED) is 0.683. The summed E-state index contributed by atoms with van der Waals surface area (Å²) in [5.74, 6) is 0.173. The molecule has 92 valence electrons. The fourth-order valence-electron chi connectivity index (χ4n) is 1.84. The average Bonchev–Trinajstić information content (AvgIpc) is 2.38. The highest BCUT2D eigenvalue weighted by Gasteiger charge is 2.14. The van der Waals surface area contributed by atoms with E-state index in [1.807, 2.05) is 4.90 Å². The van der Waals surface area contributed by atoms with Crippen molar-refractivity contribution in [2.75, 3.05) is 38.2 Å². The molecule has 0 aliphatic carbocycles. The molecule has 17 heavy (non-hydrogen) atoms. The molecule has 0 unspecified atom stereocenters. The smallest absolute Gasteiger partial charge is 0.338 e. The molecule has 1 fully saturated rings. The number of piperazine rings is 1. The van der Waals surface area contributed by atoms with Crippen molar-refractivity contribution in [3.05, 3.63) is 28.0 Å². The number of aromatic nitrogens is 1. The summed E-state index contributed by atoms with van der Waals surface area (Å²) in [6, 6.07) is 2.90. The largest absolute Gasteiger partial charge is 0.465 e. The highest BCUT2D eigenvalue weighted by molar-refractivity contribution is 5.90. The molecule has 2 rings (SSSR count). The Kier molecular flexibility index (Phi) is 3.43. The maximum atomic E-state index is 11.5. The van der Waals surface area contributed by atoms with Crippen molar-refractivity contribution in [2.45, 2.75) is 0 Å². The fraction of sp³-hybridized carbons (Fsp3) is 0.455. The second-order valence-electron chi connectivity index (χ2n) is 3.85. The predicted molar refractivity (Wildman–Crippen MR) is 63.5 cm³/mol. The minimum Gasteiger partial charge on any atom is -0.465 e. The molecule has 2 N–H and O–H groups in total. The van der Waals surface area contributed by atoms with E-state index in [1.54, 1.807) is 6.07 Å². The van der Waals surface area contributed by atoms with Gasteiger partial charge in [0.15, 0.2) is 0 Å². The first-order valence-corrected chi connectivity index (χ1v) is 5.49. The Morgan fingerprint density at radius 2 is 2.06 bits per heavy atom. The van der Waals surface area contributed by atoms with Crippen molar-refractivity contribution < 1.29 is 9.53 Å². The number of ether oxygens (including phenoxy) is 1. The van der Waals surface area contributed by atoms with Crippen molar-refractivity contribution >= 4 is 11.8 Å². The number of nitrogens with one attached hydrogen (secondary N) is 2. The first kappa shape index (κ1) is 11.7. The normalized spacial score (nSPS) is 15.7. The van der Waals surface area contributed by atoms with Gasteiger partial charge in [0.25, 0.3) is 0 Å². The summed E-state index contributed by atoms with van der Waals surface area (Å²) in [5.41, 5.74) is -0.00813. The number of anilines is 1. The van der Waals surface area contributed by atoms with Crippen LogP contribution in [0.3, 0.4) is 0 Å². The zero-order chi connectivity index (χ0) is 12.3. The van der Waals surface area contributed by atoms with Gasteiger partial charge in [-0.1, -0.05) is 0 Å². The standard InChI is InChI=1S/C11H15N3O3/c1-17-11(16)8-6-9(13-10(15)7-8)14-4-2-12-3-5-14/h6-7,12H,2-5H2,1H3,(H,13,15). The van der Waals surface area contributed by atoms with Gasteiger partial charge in [0, 0.05) is 32.2 Å². The van der Waals surface area contributed by atoms with Gasteiger partial charge in [0.05, 0.1) is 12.7 Å². The highest BCUT2D eigenvalue weighted by atomic mass is 16.5. The number of hydrogen-bond donors (Lipinski definition) is 2. The number of hydrogen-bond acceptors (Lipinski definition) is 5. The minimum absolute atomic E-state index is 0.282. The van der Waals surface area contributed by atoms with Gasteiger partial charge < -0.3 is 19.9 Å². The zero-order valence-electron chi connectivity index (χ0n) is 9.66. The van der Waals surface area contributed by atoms with Gasteiger partial charge in [-0.05, 0) is 6.07 Å². The lowest BCUT2D eigenvalue weighted by Gasteiger charge is -2.28. The third kappa shape index (κ3) is 2.65. The third-order valence-corrected chi connectivity index (χ3v) is 2.71. The summed E-state index contributed by atoms with van der Waals surface area (Å²) in [6.45, 7) is 3.34. The summed E-state index contributed by atoms with van der Waals surface area (Å²) < 4.78 is 4.61. The molecule has 0 amide bonds. The van der Waals surface area contributed by atoms with E-state index in [0.717, 1.165) is 26.2 Å². The summed E-state index contributed by atoms with van der Waals surface area (Å²) in [5, 5.41) is 3.22. The number of carbonyl (C=O) groups is 1. The average molecular weight is 237 g/mol. The van der Waals surface area contributed by atoms with Crippen LogP contribution in [0.2, 0.25) is 0 Å². The summed E-state index contributed by atoms with van der Waals surface area (Å²) in [4.78, 5) is 27.6. The van der Waals surface area contributed by atoms with Crippen LogP contribution >= 0.6 is 0 Å². The second kappa shape index (κ2) is 5.01. The van der Waals surface area contributed by atoms with Crippen molar-refractivity contribution in [1.29, 1.82) is 0 Å². The molecule has 0 saturated carbocycles. The zero-order valence-corrected chi connectivity index (χ0v) is 9.66. The van der Waals surface area contributed by atoms with Crippen molar-refractivity contribution in [3.63, 3.8) is 0 Å². The molecule has 2 heterocycles. The molecular formula is C11H15N3O3. The van der Waals surface area contributed by atoms with E-state index < -0.39 is 5.97 Å². The number of nitrogens with zero attached hydrogens (tertiary/aromatic N) is 1. The summed E-state index contributed by atoms with van der Waals surface area (Å²) in [7, 11) is 1.30. The minimum atomic E-state index is -0.493. The van der Waals surface area contributed by atoms with E-state index in [0.29, 0.717) is 5.82 Å². The molecule has 0 spiro atoms. The van der Waals surface area contributed by atoms with Gasteiger partial charge in [0.2, 0.25) is 5.56 Å². The molecule has 0 radical (unpaired) electrons. The lowest BCUT2D eigenvalue weighted by molar-refractivity contribution is 0.0600. The first-order chi connectivity index (χ1) is 8.20. The Labute approximate surface area is 98.6 Å². The van der Waals surface area contributed by atoms with E-state index in [4.69, 9.17) is 0 Å². The number of methoxy groups -OCH3 is 1. The Morgan fingerprint density at radius 1 is 1.35 bits per heavy atom. The Bertz CT molecular complexity index is 463. The van der Waals surface area contributed by atoms with E-state index in [9.17, 15) is 9.59 Å². The fourth-order valence-corrected chi connectivity index (χ4v) is 1.84. The molecule has 1 aromatic rings. The molecule has 1 aliphatic heterocycles. The van der Waals surface area contributed by atoms with Crippen LogP contribution in [0.5, 0.6) is 0 Å². The molecule has 6 nitrogen and oxygen atoms in total. The number of carbonyl (C=O) groups excluding carboxylic acids is 1. The van der Waals surface area contributed by atoms with E-state index in [2.05, 4.69) is 15.0 Å². The lowest BCUT2D eigenvalue weighted by atomic mass is 10.2. The molecule has 0 atom stereocenters. The Balaban J connectivity index is 2.30. The molecule has 0 bridgehead atoms. The summed E-state index contributed by atoms with van der Waals surface area (Å²) >= 11 is 0. The van der Waals surface area contributed by atoms with Gasteiger partial charge in [-0.15, -0.1) is 0 Å². The van der Waals surface area contributed by atoms with Gasteiger partial charge in [-0.2, -0.15) is 0 Å². The van der Waals surface area contributed by atoms with Crippen molar-refractivity contribution in [3.8, 4) is 0 Å². The van der Waals surface area contributed by atoms with Gasteiger partial charge >= 0.3 is 5.97 Å². The van der Waals surface area contributed by atoms with Gasteiger partial charge in [-0.3, -0.25) is 4.79 Å². The highest BCUT2D eigenvalue weighted by Crippen LogP contribution is 2.11. The third-order valence-electron chi connectivity index (χ3n) is 2.71. The van der Waals surface area contributed by atoms with Crippen LogP contribution in [0.15, 0.2) is 16.9 Å². The number of aromatic amines is 1. The number of esters is 1. The number of pyridine rings is 1. The Morgan fingerprint density at radius 3 is 2.71 bits per heavy atom. The first-order valence-electron chi connectivity index (χ1n) is 5.49. The second-order valence-corrected chi connectivity index (χ2v) is 3.85. The van der Waals surface area contributed by atoms with Crippen molar-refractivity contribution in [2.24, 2.45) is 0 Å². The van der Waals surface area contributed by atoms with Crippen LogP contribution in [-0.4, -0.2) is 44.2 Å². The van der Waals surface area contributed by atoms with Crippen LogP contribution in [0.1, 0.15) is 10.4 Å². The number of rotatable bonds is 2. The van der Waals surface area contributed by atoms with E-state index >= 15 is 0 Å². The van der Waals surface area contributed by atoms with Gasteiger partial charge in [0.1, 0.15) is 5.82 Å². The van der Waals surface area contributed by atoms with E-state index in [1.165, 1.54) is 13.2 Å². The molecule has 1 saturated heterocycles. The topological polar surface area (TPSA) is 74.4 Å². The maximum absolute atomic E-state index is 11.5. The molecular weight excluding hydrogens is 222 g/mol. The predicted octanol–water partition coefficient (Wildman–Crippen LogP) is -0.429. The SMILES string of the molecule is COC(=O)c1cc(N2CCNCC2)[nH]c(=O)c1. The monoisotopic (exact) mass is 237 g/mol. The molecule has 1 aromatic heterocycles. The lowest BCUT2D eigenvalue weighted by Crippen LogP contribution is -2.44. The summed E-state index contributed by atoms with van der Waals surface area (Å²) in [6.07, 6.45) is 0. The van der Waals surface area contributed by atoms with E-state index in [-0.39, 0.29) is 11.1 Å². The molecule has 6 heteroatoms. The number of H-pyrrole nitrogens is 1. The van der Waals surface area contributed by atoms with Crippen LogP contribution in [0, 0.1) is 0 Å². The van der Waals surface area contributed by atoms with Crippen LogP contribution in [0.4, 0.5) is 5.82 Å². The van der Waals surface area contributed by atoms with Crippen LogP contribution in [-0.2, 0) is 4.74 Å². The maximum Gasteiger partial charge on any atom is 0.338 e. The van der Waals surface area contributed by atoms with Crippen molar-refractivity contribution in [1.82, 2.24) is 10.3 Å². The van der Waals surface area contributed by atoms with Crippen LogP contribution in [0.25, 0.3) is 0 Å². The molecule has 0 aromatic carbocycles. The van der Waals surface area contributed by atoms with Crippen LogP contribution < -0.4 is 15.8 Å². The van der Waals surface area contributed by atoms with Gasteiger partial charge in [-0.25, -0.2) is 4.79 Å². The Hall–Kier alpha value is -1.82.